The fraction of sp³-hybridized carbons (Fsp3) is 0.214. The molecule has 0 radical (unpaired) electrons. The fourth-order valence-corrected chi connectivity index (χ4v) is 2.73. The second-order valence-corrected chi connectivity index (χ2v) is 5.87. The van der Waals surface area contributed by atoms with Gasteiger partial charge in [0, 0.05) is 17.6 Å². The number of rotatable bonds is 5. The van der Waals surface area contributed by atoms with Crippen molar-refractivity contribution >= 4 is 35.0 Å². The van der Waals surface area contributed by atoms with E-state index in [-0.39, 0.29) is 0 Å². The van der Waals surface area contributed by atoms with Crippen LogP contribution in [-0.4, -0.2) is 11.5 Å². The largest absolute Gasteiger partial charge is 0.313 e. The lowest BCUT2D eigenvalue weighted by molar-refractivity contribution is 0.726. The van der Waals surface area contributed by atoms with Gasteiger partial charge in [-0.15, -0.1) is 0 Å². The van der Waals surface area contributed by atoms with E-state index in [9.17, 15) is 0 Å². The summed E-state index contributed by atoms with van der Waals surface area (Å²) in [5.74, 6) is 0. The summed E-state index contributed by atoms with van der Waals surface area (Å²) in [5, 5.41) is 5.54. The van der Waals surface area contributed by atoms with E-state index in [2.05, 4.69) is 23.3 Å². The normalized spacial score (nSPS) is 10.7. The highest BCUT2D eigenvalue weighted by atomic mass is 35.5. The Balaban J connectivity index is 2.10. The predicted octanol–water partition coefficient (Wildman–Crippen LogP) is 4.65. The minimum absolute atomic E-state index is 0.636. The zero-order chi connectivity index (χ0) is 13.7. The number of aromatic nitrogens is 1. The first-order valence-electron chi connectivity index (χ1n) is 5.97. The molecule has 0 aliphatic carbocycles. The smallest absolute Gasteiger partial charge is 0.101 e. The maximum absolute atomic E-state index is 6.29. The van der Waals surface area contributed by atoms with Gasteiger partial charge in [0.1, 0.15) is 5.03 Å². The molecule has 0 aliphatic heterocycles. The minimum atomic E-state index is 0.636. The summed E-state index contributed by atoms with van der Waals surface area (Å²) >= 11 is 13.6. The van der Waals surface area contributed by atoms with Gasteiger partial charge in [0.05, 0.1) is 10.0 Å². The molecule has 0 unspecified atom stereocenters. The van der Waals surface area contributed by atoms with Crippen LogP contribution in [0, 0.1) is 0 Å². The third kappa shape index (κ3) is 4.39. The maximum atomic E-state index is 6.29. The second kappa shape index (κ2) is 7.15. The van der Waals surface area contributed by atoms with Crippen molar-refractivity contribution in [2.75, 3.05) is 6.54 Å². The Morgan fingerprint density at radius 1 is 1.21 bits per heavy atom. The SMILES string of the molecule is CCNCc1ccc(Sc2ccc(Cl)cn2)c(Cl)c1. The highest BCUT2D eigenvalue weighted by Gasteiger charge is 2.05. The molecule has 2 aromatic rings. The molecular formula is C14H14Cl2N2S. The molecule has 0 aliphatic rings. The van der Waals surface area contributed by atoms with Crippen LogP contribution in [0.4, 0.5) is 0 Å². The van der Waals surface area contributed by atoms with Crippen molar-refractivity contribution < 1.29 is 0 Å². The number of nitrogens with one attached hydrogen (secondary N) is 1. The van der Waals surface area contributed by atoms with E-state index in [1.54, 1.807) is 6.20 Å². The number of nitrogens with zero attached hydrogens (tertiary/aromatic N) is 1. The molecule has 0 fully saturated rings. The summed E-state index contributed by atoms with van der Waals surface area (Å²) in [7, 11) is 0. The summed E-state index contributed by atoms with van der Waals surface area (Å²) in [6.07, 6.45) is 1.64. The lowest BCUT2D eigenvalue weighted by atomic mass is 10.2. The van der Waals surface area contributed by atoms with Crippen LogP contribution in [0.15, 0.2) is 46.5 Å². The Labute approximate surface area is 127 Å². The average Bonchev–Trinajstić information content (AvgIpc) is 2.41. The van der Waals surface area contributed by atoms with E-state index in [0.717, 1.165) is 28.0 Å². The van der Waals surface area contributed by atoms with Crippen LogP contribution in [0.25, 0.3) is 0 Å². The van der Waals surface area contributed by atoms with Crippen molar-refractivity contribution in [3.8, 4) is 0 Å². The van der Waals surface area contributed by atoms with Gasteiger partial charge in [-0.05, 0) is 36.4 Å². The van der Waals surface area contributed by atoms with Crippen molar-refractivity contribution in [3.05, 3.63) is 52.1 Å². The molecule has 19 heavy (non-hydrogen) atoms. The molecule has 1 aromatic carbocycles. The Hall–Kier alpha value is -0.740. The summed E-state index contributed by atoms with van der Waals surface area (Å²) in [6.45, 7) is 3.86. The molecule has 0 atom stereocenters. The van der Waals surface area contributed by atoms with Crippen molar-refractivity contribution in [1.82, 2.24) is 10.3 Å². The fourth-order valence-electron chi connectivity index (χ4n) is 1.54. The van der Waals surface area contributed by atoms with Crippen LogP contribution in [0.5, 0.6) is 0 Å². The third-order valence-corrected chi connectivity index (χ3v) is 4.17. The molecular weight excluding hydrogens is 299 g/mol. The Morgan fingerprint density at radius 2 is 2.05 bits per heavy atom. The van der Waals surface area contributed by atoms with Crippen LogP contribution in [-0.2, 0) is 6.54 Å². The molecule has 1 heterocycles. The Bertz CT molecular complexity index is 544. The standard InChI is InChI=1S/C14H14Cl2N2S/c1-2-17-8-10-3-5-13(12(16)7-10)19-14-6-4-11(15)9-18-14/h3-7,9,17H,2,8H2,1H3. The van der Waals surface area contributed by atoms with E-state index in [1.807, 2.05) is 24.3 Å². The zero-order valence-corrected chi connectivity index (χ0v) is 12.8. The number of hydrogen-bond acceptors (Lipinski definition) is 3. The zero-order valence-electron chi connectivity index (χ0n) is 10.5. The molecule has 1 N–H and O–H groups in total. The van der Waals surface area contributed by atoms with Gasteiger partial charge in [0.15, 0.2) is 0 Å². The predicted molar refractivity (Wildman–Crippen MR) is 82.2 cm³/mol. The maximum Gasteiger partial charge on any atom is 0.101 e. The Kier molecular flexibility index (Phi) is 5.52. The molecule has 2 nitrogen and oxygen atoms in total. The van der Waals surface area contributed by atoms with Gasteiger partial charge in [0.2, 0.25) is 0 Å². The summed E-state index contributed by atoms with van der Waals surface area (Å²) < 4.78 is 0. The van der Waals surface area contributed by atoms with Crippen LogP contribution in [0.1, 0.15) is 12.5 Å². The van der Waals surface area contributed by atoms with Crippen molar-refractivity contribution in [1.29, 1.82) is 0 Å². The van der Waals surface area contributed by atoms with Crippen molar-refractivity contribution in [2.45, 2.75) is 23.4 Å². The lowest BCUT2D eigenvalue weighted by Crippen LogP contribution is -2.11. The molecule has 0 bridgehead atoms. The van der Waals surface area contributed by atoms with Gasteiger partial charge in [0.25, 0.3) is 0 Å². The first kappa shape index (κ1) is 14.7. The molecule has 1 aromatic heterocycles. The highest BCUT2D eigenvalue weighted by molar-refractivity contribution is 7.99. The molecule has 2 rings (SSSR count). The molecule has 100 valence electrons. The van der Waals surface area contributed by atoms with Crippen molar-refractivity contribution in [2.24, 2.45) is 0 Å². The molecule has 0 spiro atoms. The number of pyridine rings is 1. The molecule has 0 amide bonds. The highest BCUT2D eigenvalue weighted by Crippen LogP contribution is 2.33. The number of benzene rings is 1. The van der Waals surface area contributed by atoms with E-state index in [0.29, 0.717) is 5.02 Å². The summed E-state index contributed by atoms with van der Waals surface area (Å²) in [6, 6.07) is 9.80. The van der Waals surface area contributed by atoms with Gasteiger partial charge in [-0.25, -0.2) is 4.98 Å². The van der Waals surface area contributed by atoms with Gasteiger partial charge in [-0.1, -0.05) is 48.0 Å². The van der Waals surface area contributed by atoms with Crippen LogP contribution >= 0.6 is 35.0 Å². The van der Waals surface area contributed by atoms with Gasteiger partial charge in [-0.3, -0.25) is 0 Å². The van der Waals surface area contributed by atoms with Gasteiger partial charge >= 0.3 is 0 Å². The quantitative estimate of drug-likeness (QED) is 0.870. The van der Waals surface area contributed by atoms with E-state index in [4.69, 9.17) is 23.2 Å². The monoisotopic (exact) mass is 312 g/mol. The third-order valence-electron chi connectivity index (χ3n) is 2.49. The minimum Gasteiger partial charge on any atom is -0.313 e. The topological polar surface area (TPSA) is 24.9 Å². The van der Waals surface area contributed by atoms with Crippen LogP contribution in [0.2, 0.25) is 10.0 Å². The van der Waals surface area contributed by atoms with E-state index < -0.39 is 0 Å². The van der Waals surface area contributed by atoms with Crippen LogP contribution < -0.4 is 5.32 Å². The summed E-state index contributed by atoms with van der Waals surface area (Å²) in [4.78, 5) is 5.24. The molecule has 0 saturated carbocycles. The number of halogens is 2. The summed E-state index contributed by atoms with van der Waals surface area (Å²) in [5.41, 5.74) is 1.18. The van der Waals surface area contributed by atoms with E-state index >= 15 is 0 Å². The lowest BCUT2D eigenvalue weighted by Gasteiger charge is -2.07. The number of hydrogen-bond donors (Lipinski definition) is 1. The average molecular weight is 313 g/mol. The molecule has 0 saturated heterocycles. The first-order valence-corrected chi connectivity index (χ1v) is 7.55. The molecule has 5 heteroatoms. The van der Waals surface area contributed by atoms with Gasteiger partial charge in [-0.2, -0.15) is 0 Å². The van der Waals surface area contributed by atoms with Crippen molar-refractivity contribution in [3.63, 3.8) is 0 Å². The van der Waals surface area contributed by atoms with E-state index in [1.165, 1.54) is 17.3 Å². The second-order valence-electron chi connectivity index (χ2n) is 3.96. The Morgan fingerprint density at radius 3 is 2.68 bits per heavy atom. The van der Waals surface area contributed by atoms with Gasteiger partial charge < -0.3 is 5.32 Å². The van der Waals surface area contributed by atoms with Crippen LogP contribution in [0.3, 0.4) is 0 Å². The first-order chi connectivity index (χ1) is 9.19.